The first-order valence-electron chi connectivity index (χ1n) is 5.49. The van der Waals surface area contributed by atoms with Crippen molar-refractivity contribution in [2.75, 3.05) is 6.61 Å². The smallest absolute Gasteiger partial charge is 0.392 e. The Labute approximate surface area is 103 Å². The van der Waals surface area contributed by atoms with Crippen LogP contribution in [0.2, 0.25) is 0 Å². The maximum Gasteiger partial charge on any atom is 0.392 e. The molecule has 0 aliphatic heterocycles. The van der Waals surface area contributed by atoms with Gasteiger partial charge in [0.1, 0.15) is 11.5 Å². The number of nitrogens with zero attached hydrogens (tertiary/aromatic N) is 2. The summed E-state index contributed by atoms with van der Waals surface area (Å²) in [6, 6.07) is 0. The minimum atomic E-state index is -4.27. The molecule has 1 heterocycles. The van der Waals surface area contributed by atoms with Crippen LogP contribution in [-0.2, 0) is 6.61 Å². The Morgan fingerprint density at radius 1 is 1.39 bits per heavy atom. The molecule has 0 bridgehead atoms. The van der Waals surface area contributed by atoms with Gasteiger partial charge in [0, 0.05) is 5.92 Å². The summed E-state index contributed by atoms with van der Waals surface area (Å²) in [4.78, 5) is 8.01. The minimum absolute atomic E-state index is 0.0690. The topological polar surface area (TPSA) is 55.2 Å². The average molecular weight is 264 g/mol. The summed E-state index contributed by atoms with van der Waals surface area (Å²) in [5.41, 5.74) is 0.205. The van der Waals surface area contributed by atoms with Crippen LogP contribution in [-0.4, -0.2) is 27.9 Å². The summed E-state index contributed by atoms with van der Waals surface area (Å²) >= 11 is 0. The Morgan fingerprint density at radius 2 is 2.06 bits per heavy atom. The zero-order valence-electron chi connectivity index (χ0n) is 10.2. The molecule has 0 saturated heterocycles. The fourth-order valence-corrected chi connectivity index (χ4v) is 1.21. The highest BCUT2D eigenvalue weighted by atomic mass is 19.4. The van der Waals surface area contributed by atoms with Crippen molar-refractivity contribution >= 4 is 0 Å². The summed E-state index contributed by atoms with van der Waals surface area (Å²) in [6.45, 7) is 2.84. The SMILES string of the molecule is CC(C)c1ncc(OCCC(F)(F)F)c(CO)n1. The minimum Gasteiger partial charge on any atom is -0.490 e. The van der Waals surface area contributed by atoms with E-state index in [4.69, 9.17) is 9.84 Å². The van der Waals surface area contributed by atoms with Gasteiger partial charge in [-0.15, -0.1) is 0 Å². The van der Waals surface area contributed by atoms with Crippen LogP contribution in [0, 0.1) is 0 Å². The Hall–Kier alpha value is -1.37. The van der Waals surface area contributed by atoms with Crippen LogP contribution in [0.5, 0.6) is 5.75 Å². The second-order valence-corrected chi connectivity index (χ2v) is 4.07. The number of alkyl halides is 3. The molecule has 0 saturated carbocycles. The maximum atomic E-state index is 12.0. The highest BCUT2D eigenvalue weighted by Crippen LogP contribution is 2.22. The van der Waals surface area contributed by atoms with Crippen LogP contribution in [0.4, 0.5) is 13.2 Å². The van der Waals surface area contributed by atoms with E-state index in [1.54, 1.807) is 0 Å². The third kappa shape index (κ3) is 4.48. The van der Waals surface area contributed by atoms with Crippen LogP contribution < -0.4 is 4.74 Å². The van der Waals surface area contributed by atoms with E-state index in [0.717, 1.165) is 0 Å². The number of hydrogen-bond donors (Lipinski definition) is 1. The van der Waals surface area contributed by atoms with E-state index >= 15 is 0 Å². The van der Waals surface area contributed by atoms with Crippen molar-refractivity contribution in [3.05, 3.63) is 17.7 Å². The molecule has 0 aliphatic carbocycles. The molecule has 1 aromatic heterocycles. The average Bonchev–Trinajstić information content (AvgIpc) is 2.27. The lowest BCUT2D eigenvalue weighted by Crippen LogP contribution is -2.14. The lowest BCUT2D eigenvalue weighted by Gasteiger charge is -2.12. The lowest BCUT2D eigenvalue weighted by molar-refractivity contribution is -0.139. The van der Waals surface area contributed by atoms with Gasteiger partial charge in [-0.05, 0) is 0 Å². The fraction of sp³-hybridized carbons (Fsp3) is 0.636. The van der Waals surface area contributed by atoms with E-state index in [-0.39, 0.29) is 17.4 Å². The Morgan fingerprint density at radius 3 is 2.56 bits per heavy atom. The Bertz CT molecular complexity index is 394. The highest BCUT2D eigenvalue weighted by Gasteiger charge is 2.27. The molecule has 1 aromatic rings. The van der Waals surface area contributed by atoms with Gasteiger partial charge in [-0.25, -0.2) is 9.97 Å². The van der Waals surface area contributed by atoms with E-state index in [1.165, 1.54) is 6.20 Å². The van der Waals surface area contributed by atoms with Gasteiger partial charge in [-0.1, -0.05) is 13.8 Å². The summed E-state index contributed by atoms with van der Waals surface area (Å²) in [5, 5.41) is 9.09. The summed E-state index contributed by atoms with van der Waals surface area (Å²) in [6.07, 6.45) is -4.02. The quantitative estimate of drug-likeness (QED) is 0.887. The van der Waals surface area contributed by atoms with Gasteiger partial charge in [-0.2, -0.15) is 13.2 Å². The second kappa shape index (κ2) is 5.99. The van der Waals surface area contributed by atoms with Crippen LogP contribution in [0.15, 0.2) is 6.20 Å². The zero-order chi connectivity index (χ0) is 13.8. The Kier molecular flexibility index (Phi) is 4.89. The van der Waals surface area contributed by atoms with Gasteiger partial charge < -0.3 is 9.84 Å². The molecule has 0 aliphatic rings. The zero-order valence-corrected chi connectivity index (χ0v) is 10.2. The third-order valence-corrected chi connectivity index (χ3v) is 2.16. The second-order valence-electron chi connectivity index (χ2n) is 4.07. The van der Waals surface area contributed by atoms with Crippen molar-refractivity contribution < 1.29 is 23.0 Å². The number of aliphatic hydroxyl groups is 1. The first kappa shape index (κ1) is 14.7. The van der Waals surface area contributed by atoms with Crippen molar-refractivity contribution in [1.82, 2.24) is 9.97 Å². The molecule has 102 valence electrons. The van der Waals surface area contributed by atoms with Crippen molar-refractivity contribution in [3.63, 3.8) is 0 Å². The molecule has 0 fully saturated rings. The predicted octanol–water partition coefficient (Wildman–Crippen LogP) is 2.42. The van der Waals surface area contributed by atoms with Crippen LogP contribution in [0.25, 0.3) is 0 Å². The molecule has 18 heavy (non-hydrogen) atoms. The van der Waals surface area contributed by atoms with Gasteiger partial charge >= 0.3 is 6.18 Å². The monoisotopic (exact) mass is 264 g/mol. The Balaban J connectivity index is 2.71. The normalized spacial score (nSPS) is 11.9. The molecular formula is C11H15F3N2O2. The number of hydrogen-bond acceptors (Lipinski definition) is 4. The molecule has 1 rings (SSSR count). The summed E-state index contributed by atoms with van der Waals surface area (Å²) in [7, 11) is 0. The number of aliphatic hydroxyl groups excluding tert-OH is 1. The molecule has 0 unspecified atom stereocenters. The number of aromatic nitrogens is 2. The van der Waals surface area contributed by atoms with Gasteiger partial charge in [0.25, 0.3) is 0 Å². The first-order chi connectivity index (χ1) is 8.33. The predicted molar refractivity (Wildman–Crippen MR) is 58.2 cm³/mol. The summed E-state index contributed by atoms with van der Waals surface area (Å²) < 4.78 is 40.8. The van der Waals surface area contributed by atoms with Crippen LogP contribution >= 0.6 is 0 Å². The van der Waals surface area contributed by atoms with Crippen molar-refractivity contribution in [1.29, 1.82) is 0 Å². The molecule has 0 spiro atoms. The lowest BCUT2D eigenvalue weighted by atomic mass is 10.2. The van der Waals surface area contributed by atoms with Gasteiger partial charge in [0.15, 0.2) is 5.75 Å². The van der Waals surface area contributed by atoms with E-state index < -0.39 is 25.8 Å². The molecule has 0 radical (unpaired) electrons. The molecule has 7 heteroatoms. The van der Waals surface area contributed by atoms with Gasteiger partial charge in [0.2, 0.25) is 0 Å². The first-order valence-corrected chi connectivity index (χ1v) is 5.49. The van der Waals surface area contributed by atoms with E-state index in [0.29, 0.717) is 5.82 Å². The molecular weight excluding hydrogens is 249 g/mol. The van der Waals surface area contributed by atoms with Crippen molar-refractivity contribution in [3.8, 4) is 5.75 Å². The maximum absolute atomic E-state index is 12.0. The molecule has 0 atom stereocenters. The van der Waals surface area contributed by atoms with Gasteiger partial charge in [0.05, 0.1) is 25.8 Å². The standard InChI is InChI=1S/C11H15F3N2O2/c1-7(2)10-15-5-9(8(6-17)16-10)18-4-3-11(12,13)14/h5,7,17H,3-4,6H2,1-2H3. The molecule has 0 amide bonds. The van der Waals surface area contributed by atoms with E-state index in [1.807, 2.05) is 13.8 Å². The third-order valence-electron chi connectivity index (χ3n) is 2.16. The molecule has 0 aromatic carbocycles. The molecule has 4 nitrogen and oxygen atoms in total. The highest BCUT2D eigenvalue weighted by molar-refractivity contribution is 5.24. The van der Waals surface area contributed by atoms with E-state index in [2.05, 4.69) is 9.97 Å². The van der Waals surface area contributed by atoms with Crippen LogP contribution in [0.3, 0.4) is 0 Å². The van der Waals surface area contributed by atoms with Gasteiger partial charge in [-0.3, -0.25) is 0 Å². The number of rotatable bonds is 5. The number of ether oxygens (including phenoxy) is 1. The largest absolute Gasteiger partial charge is 0.490 e. The van der Waals surface area contributed by atoms with E-state index in [9.17, 15) is 13.2 Å². The van der Waals surface area contributed by atoms with Crippen molar-refractivity contribution in [2.45, 2.75) is 39.0 Å². The summed E-state index contributed by atoms with van der Waals surface area (Å²) in [5.74, 6) is 0.674. The van der Waals surface area contributed by atoms with Crippen molar-refractivity contribution in [2.24, 2.45) is 0 Å². The number of halogens is 3. The fourth-order valence-electron chi connectivity index (χ4n) is 1.21. The molecule has 1 N–H and O–H groups in total. The van der Waals surface area contributed by atoms with Crippen LogP contribution in [0.1, 0.15) is 37.7 Å².